The summed E-state index contributed by atoms with van der Waals surface area (Å²) < 4.78 is 3.11. The summed E-state index contributed by atoms with van der Waals surface area (Å²) in [4.78, 5) is 6.73. The third kappa shape index (κ3) is 3.07. The number of thiocarbonyl (C=S) groups is 1. The molecule has 1 aliphatic rings. The van der Waals surface area contributed by atoms with Gasteiger partial charge in [0.25, 0.3) is 0 Å². The zero-order valence-electron chi connectivity index (χ0n) is 13.6. The van der Waals surface area contributed by atoms with Gasteiger partial charge in [0, 0.05) is 35.8 Å². The summed E-state index contributed by atoms with van der Waals surface area (Å²) in [5.41, 5.74) is 3.25. The van der Waals surface area contributed by atoms with Gasteiger partial charge in [0.2, 0.25) is 0 Å². The maximum Gasteiger partial charge on any atom is 0.174 e. The molecule has 6 heteroatoms. The van der Waals surface area contributed by atoms with Gasteiger partial charge in [0.1, 0.15) is 0 Å². The van der Waals surface area contributed by atoms with Gasteiger partial charge in [-0.1, -0.05) is 22.0 Å². The second kappa shape index (κ2) is 6.61. The van der Waals surface area contributed by atoms with Crippen LogP contribution in [0.3, 0.4) is 0 Å². The van der Waals surface area contributed by atoms with Gasteiger partial charge >= 0.3 is 0 Å². The van der Waals surface area contributed by atoms with Gasteiger partial charge in [-0.05, 0) is 60.2 Å². The van der Waals surface area contributed by atoms with Gasteiger partial charge < -0.3 is 14.8 Å². The van der Waals surface area contributed by atoms with Crippen molar-refractivity contribution in [1.29, 1.82) is 0 Å². The number of hydrogen-bond acceptors (Lipinski definition) is 2. The minimum Gasteiger partial charge on any atom is -0.357 e. The average molecular weight is 413 g/mol. The maximum absolute atomic E-state index is 5.68. The van der Waals surface area contributed by atoms with Gasteiger partial charge in [0.05, 0.1) is 17.8 Å². The molecule has 3 heterocycles. The van der Waals surface area contributed by atoms with E-state index in [9.17, 15) is 0 Å². The van der Waals surface area contributed by atoms with E-state index in [1.165, 1.54) is 5.56 Å². The molecule has 0 bridgehead atoms. The van der Waals surface area contributed by atoms with Crippen LogP contribution in [-0.2, 0) is 7.05 Å². The van der Waals surface area contributed by atoms with Crippen LogP contribution in [0.15, 0.2) is 71.6 Å². The first kappa shape index (κ1) is 16.3. The molecule has 1 N–H and O–H groups in total. The minimum absolute atomic E-state index is 0.000234. The van der Waals surface area contributed by atoms with Crippen molar-refractivity contribution in [3.05, 3.63) is 82.9 Å². The van der Waals surface area contributed by atoms with E-state index in [-0.39, 0.29) is 12.1 Å². The van der Waals surface area contributed by atoms with Crippen molar-refractivity contribution in [2.75, 3.05) is 4.90 Å². The SMILES string of the molecule is Cn1ccc([C@H]2[C@@H](c3ccccn3)NC(=S)N2c2ccc(Br)cc2)c1. The summed E-state index contributed by atoms with van der Waals surface area (Å²) in [6.45, 7) is 0. The summed E-state index contributed by atoms with van der Waals surface area (Å²) in [5, 5.41) is 4.18. The lowest BCUT2D eigenvalue weighted by molar-refractivity contribution is 0.567. The molecule has 1 saturated heterocycles. The topological polar surface area (TPSA) is 33.1 Å². The van der Waals surface area contributed by atoms with E-state index in [4.69, 9.17) is 12.2 Å². The van der Waals surface area contributed by atoms with Crippen LogP contribution < -0.4 is 10.2 Å². The second-order valence-corrected chi connectivity index (χ2v) is 7.39. The van der Waals surface area contributed by atoms with E-state index >= 15 is 0 Å². The largest absolute Gasteiger partial charge is 0.357 e. The summed E-state index contributed by atoms with van der Waals surface area (Å²) >= 11 is 9.19. The van der Waals surface area contributed by atoms with E-state index in [0.717, 1.165) is 15.9 Å². The van der Waals surface area contributed by atoms with Crippen LogP contribution in [0.2, 0.25) is 0 Å². The molecule has 0 saturated carbocycles. The Bertz CT molecular complexity index is 891. The Hall–Kier alpha value is -2.18. The fourth-order valence-electron chi connectivity index (χ4n) is 3.27. The molecule has 4 rings (SSSR count). The summed E-state index contributed by atoms with van der Waals surface area (Å²) in [6.07, 6.45) is 6.03. The first-order chi connectivity index (χ1) is 12.1. The molecule has 126 valence electrons. The Kier molecular flexibility index (Phi) is 4.31. The number of aryl methyl sites for hydroxylation is 1. The molecule has 4 nitrogen and oxygen atoms in total. The quantitative estimate of drug-likeness (QED) is 0.647. The smallest absolute Gasteiger partial charge is 0.174 e. The third-order valence-corrected chi connectivity index (χ3v) is 5.24. The number of anilines is 1. The van der Waals surface area contributed by atoms with E-state index in [2.05, 4.69) is 66.3 Å². The van der Waals surface area contributed by atoms with E-state index in [1.807, 2.05) is 43.6 Å². The van der Waals surface area contributed by atoms with Gasteiger partial charge in [-0.25, -0.2) is 0 Å². The molecule has 25 heavy (non-hydrogen) atoms. The summed E-state index contributed by atoms with van der Waals surface area (Å²) in [7, 11) is 2.03. The lowest BCUT2D eigenvalue weighted by Crippen LogP contribution is -2.29. The van der Waals surface area contributed by atoms with Crippen LogP contribution in [-0.4, -0.2) is 14.7 Å². The Morgan fingerprint density at radius 3 is 2.56 bits per heavy atom. The van der Waals surface area contributed by atoms with Crippen molar-refractivity contribution in [2.45, 2.75) is 12.1 Å². The molecule has 1 aromatic carbocycles. The number of hydrogen-bond donors (Lipinski definition) is 1. The molecule has 2 aromatic heterocycles. The molecular weight excluding hydrogens is 396 g/mol. The predicted octanol–water partition coefficient (Wildman–Crippen LogP) is 4.36. The van der Waals surface area contributed by atoms with Crippen LogP contribution in [0.1, 0.15) is 23.3 Å². The number of rotatable bonds is 3. The highest BCUT2D eigenvalue weighted by molar-refractivity contribution is 9.10. The van der Waals surface area contributed by atoms with Crippen LogP contribution >= 0.6 is 28.1 Å². The molecular formula is C19H17BrN4S. The number of halogens is 1. The molecule has 0 spiro atoms. The number of nitrogens with one attached hydrogen (secondary N) is 1. The van der Waals surface area contributed by atoms with Crippen molar-refractivity contribution in [3.63, 3.8) is 0 Å². The van der Waals surface area contributed by atoms with Gasteiger partial charge in [-0.15, -0.1) is 0 Å². The molecule has 0 amide bonds. The fraction of sp³-hybridized carbons (Fsp3) is 0.158. The number of benzene rings is 1. The first-order valence-electron chi connectivity index (χ1n) is 8.01. The Morgan fingerprint density at radius 1 is 1.12 bits per heavy atom. The molecule has 0 aliphatic carbocycles. The molecule has 1 fully saturated rings. The molecule has 0 radical (unpaired) electrons. The zero-order valence-corrected chi connectivity index (χ0v) is 16.0. The lowest BCUT2D eigenvalue weighted by atomic mass is 9.99. The van der Waals surface area contributed by atoms with Crippen LogP contribution in [0, 0.1) is 0 Å². The third-order valence-electron chi connectivity index (χ3n) is 4.40. The van der Waals surface area contributed by atoms with Crippen LogP contribution in [0.4, 0.5) is 5.69 Å². The standard InChI is InChI=1S/C19H17BrN4S/c1-23-11-9-13(12-23)18-17(16-4-2-3-10-21-16)22-19(25)24(18)15-7-5-14(20)6-8-15/h2-12,17-18H,1H3,(H,22,25)/t17-,18+/m1/s1. The Balaban J connectivity index is 1.81. The predicted molar refractivity (Wildman–Crippen MR) is 107 cm³/mol. The van der Waals surface area contributed by atoms with E-state index in [1.54, 1.807) is 0 Å². The molecule has 0 unspecified atom stereocenters. The Labute approximate surface area is 160 Å². The van der Waals surface area contributed by atoms with Gasteiger partial charge in [-0.2, -0.15) is 0 Å². The minimum atomic E-state index is -0.000234. The van der Waals surface area contributed by atoms with Crippen molar-refractivity contribution >= 4 is 38.9 Å². The fourth-order valence-corrected chi connectivity index (χ4v) is 3.88. The number of pyridine rings is 1. The number of aromatic nitrogens is 2. The van der Waals surface area contributed by atoms with Gasteiger partial charge in [0.15, 0.2) is 5.11 Å². The first-order valence-corrected chi connectivity index (χ1v) is 9.22. The maximum atomic E-state index is 5.68. The van der Waals surface area contributed by atoms with Crippen LogP contribution in [0.25, 0.3) is 0 Å². The van der Waals surface area contributed by atoms with E-state index < -0.39 is 0 Å². The van der Waals surface area contributed by atoms with Crippen molar-refractivity contribution in [1.82, 2.24) is 14.9 Å². The monoisotopic (exact) mass is 412 g/mol. The van der Waals surface area contributed by atoms with Crippen molar-refractivity contribution < 1.29 is 0 Å². The highest BCUT2D eigenvalue weighted by Crippen LogP contribution is 2.41. The zero-order chi connectivity index (χ0) is 17.4. The highest BCUT2D eigenvalue weighted by atomic mass is 79.9. The summed E-state index contributed by atoms with van der Waals surface area (Å²) in [5.74, 6) is 0. The highest BCUT2D eigenvalue weighted by Gasteiger charge is 2.40. The average Bonchev–Trinajstić information content (AvgIpc) is 3.20. The summed E-state index contributed by atoms with van der Waals surface area (Å²) in [6, 6.07) is 16.4. The van der Waals surface area contributed by atoms with Gasteiger partial charge in [-0.3, -0.25) is 4.98 Å². The Morgan fingerprint density at radius 2 is 1.92 bits per heavy atom. The second-order valence-electron chi connectivity index (χ2n) is 6.08. The van der Waals surface area contributed by atoms with E-state index in [0.29, 0.717) is 5.11 Å². The number of nitrogens with zero attached hydrogens (tertiary/aromatic N) is 3. The van der Waals surface area contributed by atoms with Crippen molar-refractivity contribution in [2.24, 2.45) is 7.05 Å². The van der Waals surface area contributed by atoms with Crippen LogP contribution in [0.5, 0.6) is 0 Å². The lowest BCUT2D eigenvalue weighted by Gasteiger charge is -2.27. The molecule has 1 aliphatic heterocycles. The molecule has 2 atom stereocenters. The molecule has 3 aromatic rings. The normalized spacial score (nSPS) is 19.9. The van der Waals surface area contributed by atoms with Crippen molar-refractivity contribution in [3.8, 4) is 0 Å².